The van der Waals surface area contributed by atoms with Gasteiger partial charge in [0.2, 0.25) is 0 Å². The Balaban J connectivity index is 1.31. The Morgan fingerprint density at radius 2 is 1.57 bits per heavy atom. The van der Waals surface area contributed by atoms with Gasteiger partial charge in [-0.3, -0.25) is 4.79 Å². The van der Waals surface area contributed by atoms with Crippen LogP contribution in [0.15, 0.2) is 103 Å². The van der Waals surface area contributed by atoms with Gasteiger partial charge in [0.15, 0.2) is 0 Å². The van der Waals surface area contributed by atoms with Crippen LogP contribution in [0.4, 0.5) is 17.1 Å². The van der Waals surface area contributed by atoms with Crippen LogP contribution < -0.4 is 16.8 Å². The van der Waals surface area contributed by atoms with Crippen molar-refractivity contribution < 1.29 is 4.79 Å². The van der Waals surface area contributed by atoms with Crippen molar-refractivity contribution in [1.29, 1.82) is 0 Å². The minimum absolute atomic E-state index is 0.227. The SMILES string of the molecule is Nc1cccc(-c2cnnn2Cc2ccc(C(=O)Nc3cc(-c4ccccc4)ccc3N)cc2)c1. The lowest BCUT2D eigenvalue weighted by Crippen LogP contribution is -2.13. The van der Waals surface area contributed by atoms with Crippen LogP contribution in [0.5, 0.6) is 0 Å². The third kappa shape index (κ3) is 4.89. The smallest absolute Gasteiger partial charge is 0.255 e. The van der Waals surface area contributed by atoms with Crippen LogP contribution in [0.2, 0.25) is 0 Å². The molecule has 1 amide bonds. The summed E-state index contributed by atoms with van der Waals surface area (Å²) < 4.78 is 1.81. The number of nitrogens with two attached hydrogens (primary N) is 2. The Labute approximate surface area is 203 Å². The molecule has 0 fully saturated rings. The molecule has 0 saturated heterocycles. The second kappa shape index (κ2) is 9.52. The number of nitrogens with one attached hydrogen (secondary N) is 1. The first kappa shape index (κ1) is 21.9. The van der Waals surface area contributed by atoms with E-state index < -0.39 is 0 Å². The molecule has 5 aromatic rings. The highest BCUT2D eigenvalue weighted by Crippen LogP contribution is 2.28. The molecule has 0 spiro atoms. The number of amides is 1. The van der Waals surface area contributed by atoms with Crippen molar-refractivity contribution >= 4 is 23.0 Å². The molecule has 1 aromatic heterocycles. The maximum atomic E-state index is 12.9. The van der Waals surface area contributed by atoms with E-state index in [-0.39, 0.29) is 5.91 Å². The molecule has 7 nitrogen and oxygen atoms in total. The highest BCUT2D eigenvalue weighted by Gasteiger charge is 2.11. The molecule has 35 heavy (non-hydrogen) atoms. The minimum Gasteiger partial charge on any atom is -0.399 e. The first-order valence-electron chi connectivity index (χ1n) is 11.2. The van der Waals surface area contributed by atoms with Crippen LogP contribution in [-0.2, 0) is 6.54 Å². The van der Waals surface area contributed by atoms with Gasteiger partial charge in [0.1, 0.15) is 0 Å². The topological polar surface area (TPSA) is 112 Å². The summed E-state index contributed by atoms with van der Waals surface area (Å²) in [5.74, 6) is -0.227. The predicted octanol–water partition coefficient (Wildman–Crippen LogP) is 5.08. The number of hydrogen-bond acceptors (Lipinski definition) is 5. The van der Waals surface area contributed by atoms with Crippen LogP contribution in [0.25, 0.3) is 22.4 Å². The molecule has 7 heteroatoms. The van der Waals surface area contributed by atoms with E-state index in [4.69, 9.17) is 11.5 Å². The molecule has 5 rings (SSSR count). The third-order valence-electron chi connectivity index (χ3n) is 5.76. The van der Waals surface area contributed by atoms with Gasteiger partial charge in [-0.1, -0.05) is 65.9 Å². The molecule has 4 aromatic carbocycles. The summed E-state index contributed by atoms with van der Waals surface area (Å²) in [5.41, 5.74) is 19.2. The second-order valence-corrected chi connectivity index (χ2v) is 8.22. The fourth-order valence-corrected chi connectivity index (χ4v) is 3.90. The number of rotatable bonds is 6. The highest BCUT2D eigenvalue weighted by atomic mass is 16.1. The zero-order chi connectivity index (χ0) is 24.2. The van der Waals surface area contributed by atoms with Crippen molar-refractivity contribution in [1.82, 2.24) is 15.0 Å². The van der Waals surface area contributed by atoms with Crippen LogP contribution in [0.3, 0.4) is 0 Å². The molecular weight excluding hydrogens is 436 g/mol. The van der Waals surface area contributed by atoms with Crippen LogP contribution >= 0.6 is 0 Å². The predicted molar refractivity (Wildman–Crippen MR) is 140 cm³/mol. The van der Waals surface area contributed by atoms with E-state index >= 15 is 0 Å². The van der Waals surface area contributed by atoms with Crippen molar-refractivity contribution in [3.63, 3.8) is 0 Å². The standard InChI is InChI=1S/C28H24N6O/c29-24-8-4-7-23(15-24)27-17-31-33-34(27)18-19-9-11-21(12-10-19)28(35)32-26-16-22(13-14-25(26)30)20-5-2-1-3-6-20/h1-17H,18,29-30H2,(H,32,35). The summed E-state index contributed by atoms with van der Waals surface area (Å²) in [4.78, 5) is 12.9. The summed E-state index contributed by atoms with van der Waals surface area (Å²) in [6.07, 6.45) is 1.71. The van der Waals surface area contributed by atoms with E-state index in [0.29, 0.717) is 29.2 Å². The normalized spacial score (nSPS) is 10.7. The summed E-state index contributed by atoms with van der Waals surface area (Å²) in [6.45, 7) is 0.512. The van der Waals surface area contributed by atoms with Gasteiger partial charge < -0.3 is 16.8 Å². The minimum atomic E-state index is -0.227. The van der Waals surface area contributed by atoms with Crippen molar-refractivity contribution in [3.05, 3.63) is 114 Å². The molecule has 5 N–H and O–H groups in total. The van der Waals surface area contributed by atoms with Crippen molar-refractivity contribution in [2.24, 2.45) is 0 Å². The number of nitrogens with zero attached hydrogens (tertiary/aromatic N) is 3. The number of anilines is 3. The Morgan fingerprint density at radius 1 is 0.800 bits per heavy atom. The van der Waals surface area contributed by atoms with Gasteiger partial charge in [-0.05, 0) is 53.1 Å². The molecule has 0 unspecified atom stereocenters. The lowest BCUT2D eigenvalue weighted by molar-refractivity contribution is 0.102. The number of benzene rings is 4. The monoisotopic (exact) mass is 460 g/mol. The molecule has 0 aliphatic heterocycles. The zero-order valence-corrected chi connectivity index (χ0v) is 18.9. The number of nitrogen functional groups attached to an aromatic ring is 2. The van der Waals surface area contributed by atoms with Gasteiger partial charge in [0.25, 0.3) is 5.91 Å². The molecule has 0 atom stereocenters. The van der Waals surface area contributed by atoms with Gasteiger partial charge in [0, 0.05) is 16.8 Å². The first-order chi connectivity index (χ1) is 17.1. The number of carbonyl (C=O) groups excluding carboxylic acids is 1. The van der Waals surface area contributed by atoms with Crippen LogP contribution in [0.1, 0.15) is 15.9 Å². The van der Waals surface area contributed by atoms with E-state index in [9.17, 15) is 4.79 Å². The van der Waals surface area contributed by atoms with Gasteiger partial charge in [-0.15, -0.1) is 5.10 Å². The lowest BCUT2D eigenvalue weighted by Gasteiger charge is -2.11. The van der Waals surface area contributed by atoms with Crippen LogP contribution in [-0.4, -0.2) is 20.9 Å². The lowest BCUT2D eigenvalue weighted by atomic mass is 10.0. The Morgan fingerprint density at radius 3 is 2.34 bits per heavy atom. The van der Waals surface area contributed by atoms with Gasteiger partial charge in [-0.2, -0.15) is 0 Å². The van der Waals surface area contributed by atoms with E-state index in [1.807, 2.05) is 78.9 Å². The first-order valence-corrected chi connectivity index (χ1v) is 11.2. The van der Waals surface area contributed by atoms with Crippen molar-refractivity contribution in [2.45, 2.75) is 6.54 Å². The average molecular weight is 461 g/mol. The molecule has 172 valence electrons. The number of aromatic nitrogens is 3. The molecule has 1 heterocycles. The quantitative estimate of drug-likeness (QED) is 0.306. The molecule has 0 bridgehead atoms. The maximum absolute atomic E-state index is 12.9. The van der Waals surface area contributed by atoms with Gasteiger partial charge >= 0.3 is 0 Å². The van der Waals surface area contributed by atoms with Gasteiger partial charge in [0.05, 0.1) is 29.8 Å². The molecule has 0 aliphatic carbocycles. The largest absolute Gasteiger partial charge is 0.399 e. The van der Waals surface area contributed by atoms with Crippen molar-refractivity contribution in [3.8, 4) is 22.4 Å². The maximum Gasteiger partial charge on any atom is 0.255 e. The Kier molecular flexibility index (Phi) is 5.96. The fourth-order valence-electron chi connectivity index (χ4n) is 3.90. The molecule has 0 radical (unpaired) electrons. The summed E-state index contributed by atoms with van der Waals surface area (Å²) in [5, 5.41) is 11.2. The third-order valence-corrected chi connectivity index (χ3v) is 5.76. The van der Waals surface area contributed by atoms with Gasteiger partial charge in [-0.25, -0.2) is 4.68 Å². The summed E-state index contributed by atoms with van der Waals surface area (Å²) >= 11 is 0. The van der Waals surface area contributed by atoms with E-state index in [0.717, 1.165) is 27.9 Å². The van der Waals surface area contributed by atoms with E-state index in [1.54, 1.807) is 29.1 Å². The molecule has 0 saturated carbocycles. The average Bonchev–Trinajstić information content (AvgIpc) is 3.34. The van der Waals surface area contributed by atoms with E-state index in [2.05, 4.69) is 15.6 Å². The number of hydrogen-bond donors (Lipinski definition) is 3. The van der Waals surface area contributed by atoms with E-state index in [1.165, 1.54) is 0 Å². The zero-order valence-electron chi connectivity index (χ0n) is 18.9. The Bertz CT molecular complexity index is 1480. The molecular formula is C28H24N6O. The van der Waals surface area contributed by atoms with Crippen LogP contribution in [0, 0.1) is 0 Å². The van der Waals surface area contributed by atoms with Crippen molar-refractivity contribution in [2.75, 3.05) is 16.8 Å². The second-order valence-electron chi connectivity index (χ2n) is 8.22. The summed E-state index contributed by atoms with van der Waals surface area (Å²) in [6, 6.07) is 30.6. The summed E-state index contributed by atoms with van der Waals surface area (Å²) in [7, 11) is 0. The molecule has 0 aliphatic rings. The highest BCUT2D eigenvalue weighted by molar-refractivity contribution is 6.06. The number of carbonyl (C=O) groups is 1. The Hall–Kier alpha value is -4.91. The fraction of sp³-hybridized carbons (Fsp3) is 0.0357.